The van der Waals surface area contributed by atoms with E-state index in [1.54, 1.807) is 7.11 Å². The van der Waals surface area contributed by atoms with Crippen LogP contribution >= 0.6 is 0 Å². The lowest BCUT2D eigenvalue weighted by Gasteiger charge is -2.16. The van der Waals surface area contributed by atoms with E-state index >= 15 is 0 Å². The highest BCUT2D eigenvalue weighted by atomic mass is 16.5. The second-order valence-electron chi connectivity index (χ2n) is 7.76. The highest BCUT2D eigenvalue weighted by Crippen LogP contribution is 2.30. The normalized spacial score (nSPS) is 16.6. The van der Waals surface area contributed by atoms with Gasteiger partial charge in [0.05, 0.1) is 13.0 Å². The average Bonchev–Trinajstić information content (AvgIpc) is 3.36. The Balaban J connectivity index is 1.43. The van der Waals surface area contributed by atoms with Crippen molar-refractivity contribution in [1.82, 2.24) is 15.0 Å². The number of amides is 1. The van der Waals surface area contributed by atoms with E-state index in [1.807, 2.05) is 29.2 Å². The molecule has 0 saturated carbocycles. The average molecular weight is 391 g/mol. The molecule has 6 nitrogen and oxygen atoms in total. The molecular weight excluding hydrogens is 366 g/mol. The zero-order valence-electron chi connectivity index (χ0n) is 17.0. The van der Waals surface area contributed by atoms with Gasteiger partial charge in [-0.2, -0.15) is 4.98 Å². The van der Waals surface area contributed by atoms with Crippen molar-refractivity contribution in [1.29, 1.82) is 0 Å². The summed E-state index contributed by atoms with van der Waals surface area (Å²) in [6.45, 7) is 5.55. The molecule has 1 aliphatic rings. The van der Waals surface area contributed by atoms with Crippen LogP contribution in [0.25, 0.3) is 11.4 Å². The molecule has 1 amide bonds. The molecule has 2 heterocycles. The molecule has 0 spiro atoms. The van der Waals surface area contributed by atoms with Gasteiger partial charge in [-0.25, -0.2) is 0 Å². The van der Waals surface area contributed by atoms with Gasteiger partial charge in [-0.3, -0.25) is 4.79 Å². The molecule has 2 aromatic carbocycles. The number of benzene rings is 2. The molecule has 1 saturated heterocycles. The molecule has 150 valence electrons. The van der Waals surface area contributed by atoms with E-state index in [0.29, 0.717) is 37.1 Å². The summed E-state index contributed by atoms with van der Waals surface area (Å²) in [5, 5.41) is 4.09. The SMILES string of the molecule is COc1ccc(-c2noc(C3CC(=O)N(Cc4ccc(C(C)C)cc4)C3)n2)cc1. The molecule has 1 unspecified atom stereocenters. The molecule has 0 bridgehead atoms. The summed E-state index contributed by atoms with van der Waals surface area (Å²) in [5.74, 6) is 2.36. The summed E-state index contributed by atoms with van der Waals surface area (Å²) in [7, 11) is 1.63. The maximum absolute atomic E-state index is 12.5. The van der Waals surface area contributed by atoms with Crippen LogP contribution < -0.4 is 4.74 Å². The summed E-state index contributed by atoms with van der Waals surface area (Å²) in [6.07, 6.45) is 0.397. The van der Waals surface area contributed by atoms with Crippen molar-refractivity contribution in [2.75, 3.05) is 13.7 Å². The molecule has 0 aliphatic carbocycles. The van der Waals surface area contributed by atoms with E-state index in [2.05, 4.69) is 48.3 Å². The zero-order chi connectivity index (χ0) is 20.4. The Morgan fingerprint density at radius 1 is 1.14 bits per heavy atom. The third-order valence-electron chi connectivity index (χ3n) is 5.37. The van der Waals surface area contributed by atoms with Crippen LogP contribution in [-0.4, -0.2) is 34.6 Å². The lowest BCUT2D eigenvalue weighted by atomic mass is 10.0. The summed E-state index contributed by atoms with van der Waals surface area (Å²) in [5.41, 5.74) is 3.29. The molecule has 3 aromatic rings. The van der Waals surface area contributed by atoms with Gasteiger partial charge in [0.15, 0.2) is 0 Å². The summed E-state index contributed by atoms with van der Waals surface area (Å²) >= 11 is 0. The van der Waals surface area contributed by atoms with Crippen LogP contribution in [0.4, 0.5) is 0 Å². The predicted molar refractivity (Wildman–Crippen MR) is 110 cm³/mol. The molecule has 6 heteroatoms. The highest BCUT2D eigenvalue weighted by molar-refractivity contribution is 5.79. The topological polar surface area (TPSA) is 68.5 Å². The quantitative estimate of drug-likeness (QED) is 0.624. The molecule has 0 N–H and O–H groups in total. The van der Waals surface area contributed by atoms with Crippen molar-refractivity contribution < 1.29 is 14.1 Å². The fourth-order valence-electron chi connectivity index (χ4n) is 3.58. The van der Waals surface area contributed by atoms with Crippen LogP contribution in [0.1, 0.15) is 49.1 Å². The molecule has 4 rings (SSSR count). The minimum absolute atomic E-state index is 0.0723. The number of ether oxygens (including phenoxy) is 1. The molecular formula is C23H25N3O3. The minimum atomic E-state index is -0.0723. The van der Waals surface area contributed by atoms with Crippen molar-refractivity contribution in [3.63, 3.8) is 0 Å². The van der Waals surface area contributed by atoms with Crippen LogP contribution in [0.3, 0.4) is 0 Å². The van der Waals surface area contributed by atoms with Crippen LogP contribution in [0.15, 0.2) is 53.1 Å². The monoisotopic (exact) mass is 391 g/mol. The fourth-order valence-corrected chi connectivity index (χ4v) is 3.58. The maximum atomic E-state index is 12.5. The van der Waals surface area contributed by atoms with Gasteiger partial charge < -0.3 is 14.2 Å². The Labute approximate surface area is 170 Å². The molecule has 1 aliphatic heterocycles. The molecule has 1 atom stereocenters. The van der Waals surface area contributed by atoms with Crippen LogP contribution in [0.5, 0.6) is 5.75 Å². The lowest BCUT2D eigenvalue weighted by Crippen LogP contribution is -2.24. The number of carbonyl (C=O) groups is 1. The van der Waals surface area contributed by atoms with E-state index < -0.39 is 0 Å². The Morgan fingerprint density at radius 3 is 2.52 bits per heavy atom. The summed E-state index contributed by atoms with van der Waals surface area (Å²) in [6, 6.07) is 16.0. The van der Waals surface area contributed by atoms with E-state index in [0.717, 1.165) is 16.9 Å². The number of carbonyl (C=O) groups excluding carboxylic acids is 1. The molecule has 29 heavy (non-hydrogen) atoms. The van der Waals surface area contributed by atoms with E-state index in [4.69, 9.17) is 9.26 Å². The number of aromatic nitrogens is 2. The second kappa shape index (κ2) is 8.07. The summed E-state index contributed by atoms with van der Waals surface area (Å²) < 4.78 is 10.7. The fraction of sp³-hybridized carbons (Fsp3) is 0.348. The first-order valence-corrected chi connectivity index (χ1v) is 9.88. The van der Waals surface area contributed by atoms with Crippen molar-refractivity contribution >= 4 is 5.91 Å². The van der Waals surface area contributed by atoms with Gasteiger partial charge in [-0.05, 0) is 41.3 Å². The van der Waals surface area contributed by atoms with Crippen LogP contribution in [-0.2, 0) is 11.3 Å². The van der Waals surface area contributed by atoms with Crippen molar-refractivity contribution in [2.45, 2.75) is 38.6 Å². The first-order valence-electron chi connectivity index (χ1n) is 9.88. The van der Waals surface area contributed by atoms with Gasteiger partial charge in [0.2, 0.25) is 17.6 Å². The first kappa shape index (κ1) is 19.2. The second-order valence-corrected chi connectivity index (χ2v) is 7.76. The van der Waals surface area contributed by atoms with Gasteiger partial charge in [0.1, 0.15) is 5.75 Å². The number of hydrogen-bond acceptors (Lipinski definition) is 5. The smallest absolute Gasteiger partial charge is 0.232 e. The van der Waals surface area contributed by atoms with Crippen LogP contribution in [0.2, 0.25) is 0 Å². The number of methoxy groups -OCH3 is 1. The largest absolute Gasteiger partial charge is 0.497 e. The molecule has 1 aromatic heterocycles. The van der Waals surface area contributed by atoms with Gasteiger partial charge in [-0.15, -0.1) is 0 Å². The number of hydrogen-bond donors (Lipinski definition) is 0. The summed E-state index contributed by atoms with van der Waals surface area (Å²) in [4.78, 5) is 18.9. The third kappa shape index (κ3) is 4.16. The standard InChI is InChI=1S/C23H25N3O3/c1-15(2)17-6-4-16(5-7-17)13-26-14-19(12-21(26)27)23-24-22(25-29-23)18-8-10-20(28-3)11-9-18/h4-11,15,19H,12-14H2,1-3H3. The van der Waals surface area contributed by atoms with Crippen molar-refractivity contribution in [2.24, 2.45) is 0 Å². The predicted octanol–water partition coefficient (Wildman–Crippen LogP) is 4.38. The highest BCUT2D eigenvalue weighted by Gasteiger charge is 2.34. The molecule has 1 fully saturated rings. The van der Waals surface area contributed by atoms with E-state index in [-0.39, 0.29) is 11.8 Å². The Bertz CT molecular complexity index is 977. The first-order chi connectivity index (χ1) is 14.0. The molecule has 0 radical (unpaired) electrons. The Hall–Kier alpha value is -3.15. The zero-order valence-corrected chi connectivity index (χ0v) is 17.0. The van der Waals surface area contributed by atoms with Gasteiger partial charge in [0.25, 0.3) is 0 Å². The Kier molecular flexibility index (Phi) is 5.34. The van der Waals surface area contributed by atoms with Gasteiger partial charge in [0, 0.05) is 25.1 Å². The lowest BCUT2D eigenvalue weighted by molar-refractivity contribution is -0.128. The van der Waals surface area contributed by atoms with Gasteiger partial charge in [-0.1, -0.05) is 43.3 Å². The van der Waals surface area contributed by atoms with Crippen molar-refractivity contribution in [3.05, 3.63) is 65.5 Å². The number of nitrogens with zero attached hydrogens (tertiary/aromatic N) is 3. The third-order valence-corrected chi connectivity index (χ3v) is 5.37. The van der Waals surface area contributed by atoms with Crippen molar-refractivity contribution in [3.8, 4) is 17.1 Å². The van der Waals surface area contributed by atoms with E-state index in [9.17, 15) is 4.79 Å². The number of likely N-dealkylation sites (tertiary alicyclic amines) is 1. The van der Waals surface area contributed by atoms with Gasteiger partial charge >= 0.3 is 0 Å². The minimum Gasteiger partial charge on any atom is -0.497 e. The van der Waals surface area contributed by atoms with Crippen LogP contribution in [0, 0.1) is 0 Å². The van der Waals surface area contributed by atoms with E-state index in [1.165, 1.54) is 5.56 Å². The number of rotatable bonds is 6. The maximum Gasteiger partial charge on any atom is 0.232 e. The Morgan fingerprint density at radius 2 is 1.86 bits per heavy atom.